The van der Waals surface area contributed by atoms with Crippen LogP contribution in [-0.4, -0.2) is 135 Å². The molecule has 3 saturated heterocycles. The first-order valence-electron chi connectivity index (χ1n) is 23.5. The van der Waals surface area contributed by atoms with E-state index in [0.29, 0.717) is 49.4 Å². The Labute approximate surface area is 377 Å². The fourth-order valence-corrected chi connectivity index (χ4v) is 11.9. The number of ether oxygens (including phenoxy) is 8. The molecule has 3 aliphatic heterocycles. The minimum Gasteiger partial charge on any atom is -0.462 e. The molecule has 3 aliphatic carbocycles. The number of hydrogen-bond donors (Lipinski definition) is 0. The summed E-state index contributed by atoms with van der Waals surface area (Å²) in [5.74, 6) is -1.83. The molecule has 64 heavy (non-hydrogen) atoms. The first-order valence-corrected chi connectivity index (χ1v) is 23.5. The van der Waals surface area contributed by atoms with Gasteiger partial charge in [0.2, 0.25) is 0 Å². The van der Waals surface area contributed by atoms with Gasteiger partial charge in [-0.2, -0.15) is 0 Å². The largest absolute Gasteiger partial charge is 0.462 e. The SMILES string of the molecule is CC[C@H]1CCC[C@H](O[C@H]2CC[C@H](N(C)C)C(C)O2)[C@@H](C)C(=O)C2=C[C@@H]3[C@@H](C=C(n4cc(-c5ccc(F)cc5)nn4)[C@@H]4C[C@@H](O[C@@H]5OC(C)[C@H](OC)C(OC)C5OC)C[C@@H]34)[C@@H]2CC(=O)O1. The Morgan fingerprint density at radius 3 is 2.28 bits per heavy atom. The number of esters is 1. The van der Waals surface area contributed by atoms with Gasteiger partial charge in [0.05, 0.1) is 37.0 Å². The molecule has 0 amide bonds. The molecular weight excluding hydrogens is 824 g/mol. The number of rotatable bonds is 11. The molecule has 0 spiro atoms. The maximum atomic E-state index is 15.1. The Kier molecular flexibility index (Phi) is 14.9. The number of cyclic esters (lactones) is 1. The van der Waals surface area contributed by atoms with E-state index in [1.807, 2.05) is 31.6 Å². The van der Waals surface area contributed by atoms with Crippen molar-refractivity contribution in [2.24, 2.45) is 35.5 Å². The molecule has 14 nitrogen and oxygen atoms in total. The normalized spacial score (nSPS) is 39.5. The van der Waals surface area contributed by atoms with Crippen molar-refractivity contribution >= 4 is 17.4 Å². The van der Waals surface area contributed by atoms with Gasteiger partial charge in [-0.05, 0) is 127 Å². The van der Waals surface area contributed by atoms with E-state index in [-0.39, 0.29) is 84.3 Å². The number of likely N-dealkylation sites (N-methyl/N-ethyl adjacent to an activating group) is 1. The Morgan fingerprint density at radius 2 is 1.59 bits per heavy atom. The van der Waals surface area contributed by atoms with Crippen LogP contribution in [0.25, 0.3) is 17.0 Å². The number of methoxy groups -OCH3 is 3. The van der Waals surface area contributed by atoms with E-state index < -0.39 is 36.6 Å². The molecule has 1 saturated carbocycles. The number of nitrogens with zero attached hydrogens (tertiary/aromatic N) is 4. The summed E-state index contributed by atoms with van der Waals surface area (Å²) >= 11 is 0. The molecule has 352 valence electrons. The monoisotopic (exact) mass is 892 g/mol. The second kappa shape index (κ2) is 20.2. The number of halogens is 1. The first-order chi connectivity index (χ1) is 30.8. The highest BCUT2D eigenvalue weighted by Crippen LogP contribution is 2.57. The Balaban J connectivity index is 1.13. The summed E-state index contributed by atoms with van der Waals surface area (Å²) in [5, 5.41) is 9.18. The van der Waals surface area contributed by atoms with Crippen molar-refractivity contribution in [3.63, 3.8) is 0 Å². The van der Waals surface area contributed by atoms with Crippen LogP contribution in [0.2, 0.25) is 0 Å². The molecule has 0 radical (unpaired) electrons. The summed E-state index contributed by atoms with van der Waals surface area (Å²) in [6, 6.07) is 6.49. The predicted molar refractivity (Wildman–Crippen MR) is 235 cm³/mol. The summed E-state index contributed by atoms with van der Waals surface area (Å²) in [5.41, 5.74) is 2.93. The van der Waals surface area contributed by atoms with Gasteiger partial charge in [0.1, 0.15) is 35.9 Å². The standard InChI is InChI=1S/C49H69FN4O10/c1-10-31-12-11-13-42(64-44-19-18-40(53(5)6)27(3)60-44)26(2)45(56)38-22-34-33-20-32(63-49-48(59-9)47(58-8)46(57-7)28(4)61-49)21-37(33)41(23-35(34)36(38)24-43(55)62-31)54-25-39(51-52-54)29-14-16-30(50)17-15-29/h14-17,22-23,25-28,31-37,40,42,44,46-49H,10-13,18-21,24H2,1-9H3/t26-,27?,28?,31+,32+,33+,34+,35-,36+,37-,40+,42+,44+,46+,47?,48?,49+/m1/s1. The molecular formula is C49H69FN4O10. The van der Waals surface area contributed by atoms with E-state index in [1.54, 1.807) is 33.5 Å². The van der Waals surface area contributed by atoms with Gasteiger partial charge >= 0.3 is 5.97 Å². The zero-order valence-corrected chi connectivity index (χ0v) is 39.0. The number of fused-ring (bicyclic) bond motifs is 5. The number of aromatic nitrogens is 3. The van der Waals surface area contributed by atoms with Crippen LogP contribution >= 0.6 is 0 Å². The molecule has 4 heterocycles. The van der Waals surface area contributed by atoms with Crippen LogP contribution in [0.1, 0.15) is 85.5 Å². The highest BCUT2D eigenvalue weighted by Gasteiger charge is 2.55. The van der Waals surface area contributed by atoms with E-state index in [1.165, 1.54) is 12.1 Å². The van der Waals surface area contributed by atoms with Gasteiger partial charge in [-0.1, -0.05) is 31.2 Å². The van der Waals surface area contributed by atoms with Crippen molar-refractivity contribution in [1.82, 2.24) is 19.9 Å². The predicted octanol–water partition coefficient (Wildman–Crippen LogP) is 6.87. The van der Waals surface area contributed by atoms with Crippen LogP contribution in [0.5, 0.6) is 0 Å². The number of Topliss-reactive ketones (excluding diaryl/α,β-unsaturated/α-hetero) is 1. The minimum absolute atomic E-state index is 0.00215. The summed E-state index contributed by atoms with van der Waals surface area (Å²) < 4.78 is 66.1. The van der Waals surface area contributed by atoms with Crippen LogP contribution in [-0.2, 0) is 47.5 Å². The number of benzene rings is 1. The van der Waals surface area contributed by atoms with Gasteiger partial charge in [0.15, 0.2) is 18.4 Å². The third-order valence-corrected chi connectivity index (χ3v) is 15.3. The topological polar surface area (TPSA) is 142 Å². The molecule has 0 bridgehead atoms. The fraction of sp³-hybridized carbons (Fsp3) is 0.714. The number of ketones is 1. The van der Waals surface area contributed by atoms with Gasteiger partial charge in [0.25, 0.3) is 0 Å². The average Bonchev–Trinajstić information content (AvgIpc) is 4.02. The lowest BCUT2D eigenvalue weighted by atomic mass is 9.69. The highest BCUT2D eigenvalue weighted by molar-refractivity contribution is 5.99. The van der Waals surface area contributed by atoms with Gasteiger partial charge in [0, 0.05) is 56.4 Å². The molecule has 2 aromatic rings. The van der Waals surface area contributed by atoms with Gasteiger partial charge in [-0.3, -0.25) is 9.59 Å². The lowest BCUT2D eigenvalue weighted by Crippen LogP contribution is -2.59. The van der Waals surface area contributed by atoms with Crippen LogP contribution in [0.15, 0.2) is 48.2 Å². The van der Waals surface area contributed by atoms with Crippen LogP contribution in [0.3, 0.4) is 0 Å². The van der Waals surface area contributed by atoms with Crippen LogP contribution < -0.4 is 0 Å². The zero-order chi connectivity index (χ0) is 45.4. The van der Waals surface area contributed by atoms with Crippen molar-refractivity contribution in [3.05, 3.63) is 54.0 Å². The van der Waals surface area contributed by atoms with Gasteiger partial charge in [-0.25, -0.2) is 9.07 Å². The maximum absolute atomic E-state index is 15.1. The van der Waals surface area contributed by atoms with Crippen molar-refractivity contribution in [1.29, 1.82) is 0 Å². The second-order valence-corrected chi connectivity index (χ2v) is 19.2. The maximum Gasteiger partial charge on any atom is 0.306 e. The summed E-state index contributed by atoms with van der Waals surface area (Å²) in [6.45, 7) is 8.07. The molecule has 8 rings (SSSR count). The Morgan fingerprint density at radius 1 is 0.844 bits per heavy atom. The molecule has 4 fully saturated rings. The van der Waals surface area contributed by atoms with Crippen molar-refractivity contribution in [2.75, 3.05) is 35.4 Å². The fourth-order valence-electron chi connectivity index (χ4n) is 11.9. The summed E-state index contributed by atoms with van der Waals surface area (Å²) in [6.07, 6.45) is 8.50. The lowest BCUT2D eigenvalue weighted by molar-refractivity contribution is -0.314. The van der Waals surface area contributed by atoms with Gasteiger partial charge in [-0.15, -0.1) is 5.10 Å². The van der Waals surface area contributed by atoms with E-state index >= 15 is 4.79 Å². The number of hydrogen-bond acceptors (Lipinski definition) is 13. The number of carbonyl (C=O) groups excluding carboxylic acids is 2. The second-order valence-electron chi connectivity index (χ2n) is 19.2. The Bertz CT molecular complexity index is 1990. The molecule has 15 heteroatoms. The molecule has 6 aliphatic rings. The molecule has 4 unspecified atom stereocenters. The molecule has 17 atom stereocenters. The highest BCUT2D eigenvalue weighted by atomic mass is 19.1. The molecule has 0 N–H and O–H groups in total. The van der Waals surface area contributed by atoms with E-state index in [4.69, 9.17) is 37.9 Å². The zero-order valence-electron chi connectivity index (χ0n) is 39.0. The summed E-state index contributed by atoms with van der Waals surface area (Å²) in [7, 11) is 9.05. The molecule has 1 aromatic heterocycles. The van der Waals surface area contributed by atoms with E-state index in [2.05, 4.69) is 48.4 Å². The van der Waals surface area contributed by atoms with Gasteiger partial charge < -0.3 is 42.8 Å². The third kappa shape index (κ3) is 9.56. The third-order valence-electron chi connectivity index (χ3n) is 15.3. The smallest absolute Gasteiger partial charge is 0.306 e. The Hall–Kier alpha value is -3.41. The van der Waals surface area contributed by atoms with E-state index in [9.17, 15) is 9.18 Å². The van der Waals surface area contributed by atoms with Crippen LogP contribution in [0.4, 0.5) is 4.39 Å². The quantitative estimate of drug-likeness (QED) is 0.217. The number of carbonyl (C=O) groups is 2. The molecule has 1 aromatic carbocycles. The van der Waals surface area contributed by atoms with Crippen molar-refractivity contribution < 1.29 is 51.9 Å². The van der Waals surface area contributed by atoms with E-state index in [0.717, 1.165) is 30.5 Å². The lowest BCUT2D eigenvalue weighted by Gasteiger charge is -2.44. The minimum atomic E-state index is -0.719. The van der Waals surface area contributed by atoms with Crippen molar-refractivity contribution in [2.45, 2.75) is 153 Å². The number of allylic oxidation sites excluding steroid dienone is 4. The average molecular weight is 893 g/mol. The van der Waals surface area contributed by atoms with Crippen LogP contribution in [0, 0.1) is 41.3 Å². The van der Waals surface area contributed by atoms with Crippen molar-refractivity contribution in [3.8, 4) is 11.3 Å². The first kappa shape index (κ1) is 47.1. The summed E-state index contributed by atoms with van der Waals surface area (Å²) in [4.78, 5) is 31.3.